The van der Waals surface area contributed by atoms with Crippen molar-refractivity contribution in [2.45, 2.75) is 51.1 Å². The second-order valence-electron chi connectivity index (χ2n) is 10.4. The SMILES string of the molecule is CN=C(NC1CCCCCC1)NN1CCN(c2ccc(C(=O)N3C=Cc4ccc(OC)cc4C3)cc2)CC1. The van der Waals surface area contributed by atoms with Crippen LogP contribution in [-0.4, -0.2) is 68.2 Å². The Morgan fingerprint density at radius 3 is 2.39 bits per heavy atom. The van der Waals surface area contributed by atoms with E-state index < -0.39 is 0 Å². The van der Waals surface area contributed by atoms with Gasteiger partial charge in [-0.3, -0.25) is 15.2 Å². The Hall–Kier alpha value is -3.52. The molecule has 2 aliphatic heterocycles. The summed E-state index contributed by atoms with van der Waals surface area (Å²) in [6.45, 7) is 4.15. The molecule has 2 heterocycles. The summed E-state index contributed by atoms with van der Waals surface area (Å²) in [6.07, 6.45) is 11.6. The van der Waals surface area contributed by atoms with Crippen molar-refractivity contribution in [1.82, 2.24) is 20.7 Å². The summed E-state index contributed by atoms with van der Waals surface area (Å²) >= 11 is 0. The highest BCUT2D eigenvalue weighted by atomic mass is 16.5. The topological polar surface area (TPSA) is 72.4 Å². The van der Waals surface area contributed by atoms with Gasteiger partial charge in [0.1, 0.15) is 5.75 Å². The number of ether oxygens (including phenoxy) is 1. The lowest BCUT2D eigenvalue weighted by Gasteiger charge is -2.37. The lowest BCUT2D eigenvalue weighted by Crippen LogP contribution is -2.57. The molecule has 2 N–H and O–H groups in total. The second-order valence-corrected chi connectivity index (χ2v) is 10.4. The number of hydrazine groups is 1. The van der Waals surface area contributed by atoms with E-state index in [1.165, 1.54) is 38.5 Å². The summed E-state index contributed by atoms with van der Waals surface area (Å²) in [4.78, 5) is 21.8. The summed E-state index contributed by atoms with van der Waals surface area (Å²) in [6, 6.07) is 14.5. The van der Waals surface area contributed by atoms with Crippen LogP contribution in [0.4, 0.5) is 5.69 Å². The minimum atomic E-state index is 0.00263. The fourth-order valence-electron chi connectivity index (χ4n) is 5.53. The van der Waals surface area contributed by atoms with E-state index in [1.807, 2.05) is 49.7 Å². The molecule has 0 radical (unpaired) electrons. The van der Waals surface area contributed by atoms with E-state index in [4.69, 9.17) is 4.74 Å². The van der Waals surface area contributed by atoms with Crippen molar-refractivity contribution in [3.63, 3.8) is 0 Å². The zero-order valence-electron chi connectivity index (χ0n) is 22.7. The first-order valence-corrected chi connectivity index (χ1v) is 13.9. The zero-order chi connectivity index (χ0) is 26.3. The van der Waals surface area contributed by atoms with Crippen LogP contribution < -0.4 is 20.4 Å². The maximum atomic E-state index is 13.2. The Morgan fingerprint density at radius 2 is 1.71 bits per heavy atom. The van der Waals surface area contributed by atoms with E-state index in [0.717, 1.165) is 54.7 Å². The van der Waals surface area contributed by atoms with Crippen LogP contribution in [0.2, 0.25) is 0 Å². The highest BCUT2D eigenvalue weighted by Crippen LogP contribution is 2.26. The number of fused-ring (bicyclic) bond motifs is 1. The van der Waals surface area contributed by atoms with Gasteiger partial charge in [0.2, 0.25) is 5.96 Å². The molecule has 1 saturated heterocycles. The summed E-state index contributed by atoms with van der Waals surface area (Å²) in [5, 5.41) is 5.87. The molecule has 8 heteroatoms. The molecule has 2 aromatic carbocycles. The zero-order valence-corrected chi connectivity index (χ0v) is 22.7. The molecule has 0 spiro atoms. The van der Waals surface area contributed by atoms with Crippen molar-refractivity contribution < 1.29 is 9.53 Å². The van der Waals surface area contributed by atoms with Gasteiger partial charge in [-0.2, -0.15) is 0 Å². The van der Waals surface area contributed by atoms with Crippen LogP contribution >= 0.6 is 0 Å². The number of carbonyl (C=O) groups excluding carboxylic acids is 1. The number of amides is 1. The van der Waals surface area contributed by atoms with Crippen LogP contribution in [0.1, 0.15) is 60.0 Å². The van der Waals surface area contributed by atoms with Crippen LogP contribution in [0, 0.1) is 0 Å². The van der Waals surface area contributed by atoms with Gasteiger partial charge in [-0.15, -0.1) is 0 Å². The number of aliphatic imine (C=N–C) groups is 1. The molecule has 3 aliphatic rings. The molecule has 202 valence electrons. The minimum Gasteiger partial charge on any atom is -0.497 e. The van der Waals surface area contributed by atoms with Gasteiger partial charge in [-0.05, 0) is 66.4 Å². The van der Waals surface area contributed by atoms with Crippen molar-refractivity contribution in [2.24, 2.45) is 4.99 Å². The molecule has 1 aliphatic carbocycles. The van der Waals surface area contributed by atoms with Crippen molar-refractivity contribution in [1.29, 1.82) is 0 Å². The lowest BCUT2D eigenvalue weighted by molar-refractivity contribution is 0.0813. The average molecular weight is 517 g/mol. The Labute approximate surface area is 226 Å². The smallest absolute Gasteiger partial charge is 0.258 e. The summed E-state index contributed by atoms with van der Waals surface area (Å²) in [5.74, 6) is 1.68. The fourth-order valence-corrected chi connectivity index (χ4v) is 5.53. The molecule has 38 heavy (non-hydrogen) atoms. The Bertz CT molecular complexity index is 1150. The number of nitrogens with one attached hydrogen (secondary N) is 2. The van der Waals surface area contributed by atoms with Crippen LogP contribution in [0.15, 0.2) is 53.7 Å². The molecule has 2 aromatic rings. The van der Waals surface area contributed by atoms with Crippen molar-refractivity contribution in [3.05, 3.63) is 65.4 Å². The van der Waals surface area contributed by atoms with Crippen LogP contribution in [0.25, 0.3) is 6.08 Å². The monoisotopic (exact) mass is 516 g/mol. The maximum Gasteiger partial charge on any atom is 0.258 e. The molecule has 0 atom stereocenters. The number of methoxy groups -OCH3 is 1. The highest BCUT2D eigenvalue weighted by Gasteiger charge is 2.22. The number of piperazine rings is 1. The highest BCUT2D eigenvalue weighted by molar-refractivity contribution is 5.96. The van der Waals surface area contributed by atoms with Gasteiger partial charge in [0.25, 0.3) is 5.91 Å². The Morgan fingerprint density at radius 1 is 0.974 bits per heavy atom. The number of hydrogen-bond donors (Lipinski definition) is 2. The largest absolute Gasteiger partial charge is 0.497 e. The van der Waals surface area contributed by atoms with E-state index in [0.29, 0.717) is 18.2 Å². The summed E-state index contributed by atoms with van der Waals surface area (Å²) < 4.78 is 5.35. The number of carbonyl (C=O) groups is 1. The predicted molar refractivity (Wildman–Crippen MR) is 153 cm³/mol. The Kier molecular flexibility index (Phi) is 8.48. The van der Waals surface area contributed by atoms with Crippen molar-refractivity contribution in [2.75, 3.05) is 45.2 Å². The van der Waals surface area contributed by atoms with Gasteiger partial charge in [0, 0.05) is 56.7 Å². The fraction of sp³-hybridized carbons (Fsp3) is 0.467. The third kappa shape index (κ3) is 6.30. The lowest BCUT2D eigenvalue weighted by atomic mass is 10.0. The molecular weight excluding hydrogens is 476 g/mol. The molecule has 8 nitrogen and oxygen atoms in total. The van der Waals surface area contributed by atoms with Crippen LogP contribution in [0.3, 0.4) is 0 Å². The Balaban J connectivity index is 1.12. The molecular formula is C30H40N6O2. The number of nitrogens with zero attached hydrogens (tertiary/aromatic N) is 4. The first-order chi connectivity index (χ1) is 18.6. The normalized spacial score (nSPS) is 19.1. The first-order valence-electron chi connectivity index (χ1n) is 13.9. The van der Waals surface area contributed by atoms with Crippen molar-refractivity contribution in [3.8, 4) is 5.75 Å². The summed E-state index contributed by atoms with van der Waals surface area (Å²) in [5.41, 5.74) is 7.55. The number of hydrogen-bond acceptors (Lipinski definition) is 5. The first kappa shape index (κ1) is 26.1. The third-order valence-electron chi connectivity index (χ3n) is 7.83. The average Bonchev–Trinajstić information content (AvgIpc) is 3.25. The van der Waals surface area contributed by atoms with E-state index in [9.17, 15) is 4.79 Å². The van der Waals surface area contributed by atoms with Crippen LogP contribution in [-0.2, 0) is 6.54 Å². The number of rotatable bonds is 5. The molecule has 1 saturated carbocycles. The number of anilines is 1. The molecule has 1 amide bonds. The molecule has 0 aromatic heterocycles. The van der Waals surface area contributed by atoms with Gasteiger partial charge in [0.05, 0.1) is 13.7 Å². The standard InChI is InChI=1S/C30H40N6O2/c1-31-30(32-26-7-5-3-4-6-8-26)33-36-19-17-34(18-20-36)27-12-9-24(10-13-27)29(37)35-16-15-23-11-14-28(38-2)21-25(23)22-35/h9-16,21,26H,3-8,17-20,22H2,1-2H3,(H2,31,32,33). The third-order valence-corrected chi connectivity index (χ3v) is 7.83. The number of benzene rings is 2. The van der Waals surface area contributed by atoms with Gasteiger partial charge in [0.15, 0.2) is 0 Å². The van der Waals surface area contributed by atoms with Gasteiger partial charge >= 0.3 is 0 Å². The van der Waals surface area contributed by atoms with Crippen molar-refractivity contribution >= 4 is 23.6 Å². The van der Waals surface area contributed by atoms with Crippen LogP contribution in [0.5, 0.6) is 5.75 Å². The quantitative estimate of drug-likeness (QED) is 0.352. The van der Waals surface area contributed by atoms with Gasteiger partial charge < -0.3 is 19.9 Å². The second kappa shape index (κ2) is 12.3. The van der Waals surface area contributed by atoms with E-state index >= 15 is 0 Å². The molecule has 0 bridgehead atoms. The van der Waals surface area contributed by atoms with Gasteiger partial charge in [-0.25, -0.2) is 5.01 Å². The minimum absolute atomic E-state index is 0.00263. The predicted octanol–water partition coefficient (Wildman–Crippen LogP) is 4.25. The van der Waals surface area contributed by atoms with E-state index in [-0.39, 0.29) is 5.91 Å². The maximum absolute atomic E-state index is 13.2. The molecule has 2 fully saturated rings. The van der Waals surface area contributed by atoms with E-state index in [2.05, 4.69) is 37.8 Å². The summed E-state index contributed by atoms with van der Waals surface area (Å²) in [7, 11) is 3.51. The number of guanidine groups is 1. The molecule has 5 rings (SSSR count). The molecule has 0 unspecified atom stereocenters. The van der Waals surface area contributed by atoms with Gasteiger partial charge in [-0.1, -0.05) is 31.7 Å². The van der Waals surface area contributed by atoms with E-state index in [1.54, 1.807) is 12.0 Å².